The maximum Gasteiger partial charge on any atom is 0.191 e. The molecule has 1 aliphatic heterocycles. The maximum absolute atomic E-state index is 5.55. The zero-order chi connectivity index (χ0) is 21.3. The number of rotatable bonds is 8. The summed E-state index contributed by atoms with van der Waals surface area (Å²) in [5.41, 5.74) is 1.24. The van der Waals surface area contributed by atoms with Gasteiger partial charge in [0.2, 0.25) is 0 Å². The van der Waals surface area contributed by atoms with Crippen LogP contribution in [0.5, 0.6) is 5.75 Å². The average molecular weight is 416 g/mol. The topological polar surface area (TPSA) is 88.8 Å². The first kappa shape index (κ1) is 22.0. The minimum atomic E-state index is 0.209. The van der Waals surface area contributed by atoms with Crippen molar-refractivity contribution in [3.05, 3.63) is 41.5 Å². The summed E-state index contributed by atoms with van der Waals surface area (Å²) in [5, 5.41) is 15.1. The average Bonchev–Trinajstić information content (AvgIpc) is 3.11. The Morgan fingerprint density at radius 3 is 2.53 bits per heavy atom. The molecule has 30 heavy (non-hydrogen) atoms. The number of benzene rings is 1. The number of aromatic nitrogens is 3. The van der Waals surface area contributed by atoms with Crippen molar-refractivity contribution in [3.8, 4) is 5.75 Å². The molecule has 3 rings (SSSR count). The third-order valence-electron chi connectivity index (χ3n) is 5.36. The molecule has 0 bridgehead atoms. The van der Waals surface area contributed by atoms with E-state index in [1.807, 2.05) is 30.7 Å². The Labute approximate surface area is 178 Å². The molecule has 0 radical (unpaired) electrons. The highest BCUT2D eigenvalue weighted by atomic mass is 16.5. The SMILES string of the molecule is CCNC(=NCc1nnc(C)n1C)NCC(c1ccc(OC)cc1)N1CCOCC1. The molecule has 1 aromatic heterocycles. The lowest BCUT2D eigenvalue weighted by atomic mass is 10.0. The van der Waals surface area contributed by atoms with Crippen molar-refractivity contribution < 1.29 is 9.47 Å². The second kappa shape index (κ2) is 10.9. The van der Waals surface area contributed by atoms with Crippen molar-refractivity contribution in [2.75, 3.05) is 46.5 Å². The van der Waals surface area contributed by atoms with Crippen LogP contribution in [0.15, 0.2) is 29.3 Å². The summed E-state index contributed by atoms with van der Waals surface area (Å²) in [4.78, 5) is 7.16. The quantitative estimate of drug-likeness (QED) is 0.496. The zero-order valence-electron chi connectivity index (χ0n) is 18.4. The summed E-state index contributed by atoms with van der Waals surface area (Å²) >= 11 is 0. The number of methoxy groups -OCH3 is 1. The van der Waals surface area contributed by atoms with E-state index in [4.69, 9.17) is 14.5 Å². The molecule has 9 nitrogen and oxygen atoms in total. The third kappa shape index (κ3) is 5.70. The van der Waals surface area contributed by atoms with Crippen molar-refractivity contribution >= 4 is 5.96 Å². The van der Waals surface area contributed by atoms with E-state index in [1.165, 1.54) is 5.56 Å². The van der Waals surface area contributed by atoms with Crippen LogP contribution in [-0.2, 0) is 18.3 Å². The van der Waals surface area contributed by atoms with E-state index in [2.05, 4.69) is 44.8 Å². The summed E-state index contributed by atoms with van der Waals surface area (Å²) in [6.07, 6.45) is 0. The van der Waals surface area contributed by atoms with Gasteiger partial charge < -0.3 is 24.7 Å². The van der Waals surface area contributed by atoms with Crippen LogP contribution in [0.2, 0.25) is 0 Å². The number of hydrogen-bond donors (Lipinski definition) is 2. The number of aryl methyl sites for hydroxylation is 1. The number of ether oxygens (including phenoxy) is 2. The molecule has 0 spiro atoms. The Bertz CT molecular complexity index is 813. The van der Waals surface area contributed by atoms with E-state index in [-0.39, 0.29) is 6.04 Å². The predicted octanol–water partition coefficient (Wildman–Crippen LogP) is 1.26. The first-order valence-electron chi connectivity index (χ1n) is 10.4. The molecular formula is C21H33N7O2. The van der Waals surface area contributed by atoms with Gasteiger partial charge in [-0.1, -0.05) is 12.1 Å². The lowest BCUT2D eigenvalue weighted by Gasteiger charge is -2.35. The van der Waals surface area contributed by atoms with Crippen LogP contribution in [0.1, 0.15) is 30.2 Å². The Hall–Kier alpha value is -2.65. The van der Waals surface area contributed by atoms with E-state index in [0.717, 1.165) is 62.8 Å². The van der Waals surface area contributed by atoms with E-state index < -0.39 is 0 Å². The van der Waals surface area contributed by atoms with Gasteiger partial charge in [-0.3, -0.25) is 4.90 Å². The third-order valence-corrected chi connectivity index (χ3v) is 5.36. The number of aliphatic imine (C=N–C) groups is 1. The number of guanidine groups is 1. The Kier molecular flexibility index (Phi) is 8.04. The van der Waals surface area contributed by atoms with E-state index in [9.17, 15) is 0 Å². The second-order valence-electron chi connectivity index (χ2n) is 7.24. The first-order chi connectivity index (χ1) is 14.6. The molecule has 0 amide bonds. The minimum Gasteiger partial charge on any atom is -0.497 e. The van der Waals surface area contributed by atoms with Crippen LogP contribution in [0.4, 0.5) is 0 Å². The molecular weight excluding hydrogens is 382 g/mol. The van der Waals surface area contributed by atoms with Gasteiger partial charge in [-0.15, -0.1) is 10.2 Å². The number of nitrogens with one attached hydrogen (secondary N) is 2. The van der Waals surface area contributed by atoms with Gasteiger partial charge in [-0.05, 0) is 31.5 Å². The summed E-state index contributed by atoms with van der Waals surface area (Å²) in [6, 6.07) is 8.50. The molecule has 0 aliphatic carbocycles. The van der Waals surface area contributed by atoms with Gasteiger partial charge in [0.15, 0.2) is 11.8 Å². The van der Waals surface area contributed by atoms with Crippen LogP contribution in [0.3, 0.4) is 0 Å². The van der Waals surface area contributed by atoms with Crippen molar-refractivity contribution in [1.82, 2.24) is 30.3 Å². The molecule has 1 atom stereocenters. The van der Waals surface area contributed by atoms with Gasteiger partial charge in [0.05, 0.1) is 26.4 Å². The fourth-order valence-electron chi connectivity index (χ4n) is 3.45. The van der Waals surface area contributed by atoms with Gasteiger partial charge in [-0.25, -0.2) is 4.99 Å². The van der Waals surface area contributed by atoms with Gasteiger partial charge in [0, 0.05) is 33.2 Å². The smallest absolute Gasteiger partial charge is 0.191 e. The summed E-state index contributed by atoms with van der Waals surface area (Å²) in [6.45, 7) is 9.31. The van der Waals surface area contributed by atoms with Crippen molar-refractivity contribution in [3.63, 3.8) is 0 Å². The number of morpholine rings is 1. The zero-order valence-corrected chi connectivity index (χ0v) is 18.4. The molecule has 1 unspecified atom stereocenters. The molecule has 1 aliphatic rings. The summed E-state index contributed by atoms with van der Waals surface area (Å²) in [7, 11) is 3.65. The molecule has 9 heteroatoms. The van der Waals surface area contributed by atoms with Crippen LogP contribution >= 0.6 is 0 Å². The lowest BCUT2D eigenvalue weighted by molar-refractivity contribution is 0.0170. The van der Waals surface area contributed by atoms with Crippen molar-refractivity contribution in [2.45, 2.75) is 26.4 Å². The Balaban J connectivity index is 1.72. The maximum atomic E-state index is 5.55. The Morgan fingerprint density at radius 1 is 1.20 bits per heavy atom. The molecule has 164 valence electrons. The second-order valence-corrected chi connectivity index (χ2v) is 7.24. The highest BCUT2D eigenvalue weighted by Gasteiger charge is 2.23. The van der Waals surface area contributed by atoms with Crippen LogP contribution in [0, 0.1) is 6.92 Å². The fourth-order valence-corrected chi connectivity index (χ4v) is 3.45. The summed E-state index contributed by atoms with van der Waals surface area (Å²) in [5.74, 6) is 3.35. The van der Waals surface area contributed by atoms with Crippen molar-refractivity contribution in [1.29, 1.82) is 0 Å². The van der Waals surface area contributed by atoms with Gasteiger partial charge >= 0.3 is 0 Å². The van der Waals surface area contributed by atoms with E-state index in [0.29, 0.717) is 6.54 Å². The highest BCUT2D eigenvalue weighted by molar-refractivity contribution is 5.79. The lowest BCUT2D eigenvalue weighted by Crippen LogP contribution is -2.46. The molecule has 2 N–H and O–H groups in total. The molecule has 0 saturated carbocycles. The normalized spacial score (nSPS) is 16.3. The molecule has 2 heterocycles. The van der Waals surface area contributed by atoms with Crippen LogP contribution < -0.4 is 15.4 Å². The molecule has 1 fully saturated rings. The van der Waals surface area contributed by atoms with E-state index in [1.54, 1.807) is 7.11 Å². The fraction of sp³-hybridized carbons (Fsp3) is 0.571. The minimum absolute atomic E-state index is 0.209. The molecule has 2 aromatic rings. The standard InChI is InChI=1S/C21H33N7O2/c1-5-22-21(24-15-20-26-25-16(2)27(20)3)23-14-19(28-10-12-30-13-11-28)17-6-8-18(29-4)9-7-17/h6-9,19H,5,10-15H2,1-4H3,(H2,22,23,24). The first-order valence-corrected chi connectivity index (χ1v) is 10.4. The monoisotopic (exact) mass is 415 g/mol. The van der Waals surface area contributed by atoms with Crippen LogP contribution in [0.25, 0.3) is 0 Å². The van der Waals surface area contributed by atoms with Gasteiger partial charge in [-0.2, -0.15) is 0 Å². The molecule has 1 aromatic carbocycles. The van der Waals surface area contributed by atoms with Crippen molar-refractivity contribution in [2.24, 2.45) is 12.0 Å². The predicted molar refractivity (Wildman–Crippen MR) is 117 cm³/mol. The Morgan fingerprint density at radius 2 is 1.93 bits per heavy atom. The van der Waals surface area contributed by atoms with Gasteiger partial charge in [0.25, 0.3) is 0 Å². The molecule has 1 saturated heterocycles. The van der Waals surface area contributed by atoms with Gasteiger partial charge in [0.1, 0.15) is 18.1 Å². The highest BCUT2D eigenvalue weighted by Crippen LogP contribution is 2.23. The largest absolute Gasteiger partial charge is 0.497 e. The van der Waals surface area contributed by atoms with Crippen LogP contribution in [-0.4, -0.2) is 72.1 Å². The number of nitrogens with zero attached hydrogens (tertiary/aromatic N) is 5. The van der Waals surface area contributed by atoms with E-state index >= 15 is 0 Å². The summed E-state index contributed by atoms with van der Waals surface area (Å²) < 4.78 is 12.8. The number of hydrogen-bond acceptors (Lipinski definition) is 6.